The first-order chi connectivity index (χ1) is 16.6. The molecule has 1 aromatic carbocycles. The van der Waals surface area contributed by atoms with E-state index >= 15 is 0 Å². The maximum atomic E-state index is 12.4. The van der Waals surface area contributed by atoms with Gasteiger partial charge < -0.3 is 44.8 Å². The number of phenols is 1. The molecule has 11 nitrogen and oxygen atoms in total. The van der Waals surface area contributed by atoms with Crippen LogP contribution >= 0.6 is 0 Å². The van der Waals surface area contributed by atoms with Crippen LogP contribution in [-0.4, -0.2) is 92.6 Å². The van der Waals surface area contributed by atoms with E-state index in [0.717, 1.165) is 0 Å². The summed E-state index contributed by atoms with van der Waals surface area (Å²) >= 11 is 0. The van der Waals surface area contributed by atoms with Crippen molar-refractivity contribution in [2.24, 2.45) is 0 Å². The molecule has 6 atom stereocenters. The van der Waals surface area contributed by atoms with Crippen LogP contribution in [0.1, 0.15) is 18.9 Å². The molecule has 1 aliphatic heterocycles. The predicted octanol–water partition coefficient (Wildman–Crippen LogP) is -0.135. The second-order valence-corrected chi connectivity index (χ2v) is 8.21. The molecule has 11 heteroatoms. The number of carboxylic acids is 1. The molecular formula is C24H28O11. The summed E-state index contributed by atoms with van der Waals surface area (Å²) in [7, 11) is 0. The molecule has 190 valence electrons. The molecule has 0 spiro atoms. The Morgan fingerprint density at radius 3 is 2.43 bits per heavy atom. The van der Waals surface area contributed by atoms with Gasteiger partial charge >= 0.3 is 11.9 Å². The molecule has 1 fully saturated rings. The number of aromatic hydroxyl groups is 1. The molecular weight excluding hydrogens is 464 g/mol. The molecule has 0 bridgehead atoms. The Morgan fingerprint density at radius 1 is 1.11 bits per heavy atom. The third kappa shape index (κ3) is 6.34. The number of benzene rings is 1. The minimum atomic E-state index is -1.61. The van der Waals surface area contributed by atoms with Gasteiger partial charge in [0.1, 0.15) is 36.3 Å². The van der Waals surface area contributed by atoms with Crippen LogP contribution in [-0.2, 0) is 23.8 Å². The van der Waals surface area contributed by atoms with Gasteiger partial charge in [-0.3, -0.25) is 0 Å². The van der Waals surface area contributed by atoms with Gasteiger partial charge in [-0.05, 0) is 30.7 Å². The van der Waals surface area contributed by atoms with Crippen molar-refractivity contribution < 1.29 is 54.4 Å². The zero-order valence-electron chi connectivity index (χ0n) is 18.9. The number of aliphatic hydroxyl groups is 4. The summed E-state index contributed by atoms with van der Waals surface area (Å²) in [5.74, 6) is -1.83. The van der Waals surface area contributed by atoms with Crippen molar-refractivity contribution in [1.82, 2.24) is 0 Å². The zero-order chi connectivity index (χ0) is 25.7. The molecule has 2 aliphatic rings. The fraction of sp³-hybridized carbons (Fsp3) is 0.417. The first kappa shape index (κ1) is 26.5. The van der Waals surface area contributed by atoms with Crippen LogP contribution < -0.4 is 0 Å². The summed E-state index contributed by atoms with van der Waals surface area (Å²) in [6, 6.07) is 6.13. The molecule has 0 amide bonds. The van der Waals surface area contributed by atoms with Crippen molar-refractivity contribution in [1.29, 1.82) is 0 Å². The van der Waals surface area contributed by atoms with E-state index in [-0.39, 0.29) is 29.9 Å². The molecule has 6 unspecified atom stereocenters. The van der Waals surface area contributed by atoms with E-state index in [4.69, 9.17) is 14.2 Å². The first-order valence-corrected chi connectivity index (χ1v) is 10.9. The molecule has 3 rings (SSSR count). The van der Waals surface area contributed by atoms with Gasteiger partial charge in [-0.15, -0.1) is 0 Å². The Labute approximate surface area is 200 Å². The van der Waals surface area contributed by atoms with Crippen molar-refractivity contribution >= 4 is 18.0 Å². The van der Waals surface area contributed by atoms with E-state index in [2.05, 4.69) is 0 Å². The number of ether oxygens (including phenoxy) is 3. The van der Waals surface area contributed by atoms with Gasteiger partial charge in [0.25, 0.3) is 0 Å². The number of hydrogen-bond acceptors (Lipinski definition) is 10. The van der Waals surface area contributed by atoms with Crippen molar-refractivity contribution in [3.05, 3.63) is 58.7 Å². The monoisotopic (exact) mass is 492 g/mol. The molecule has 0 aromatic heterocycles. The van der Waals surface area contributed by atoms with E-state index in [1.807, 2.05) is 0 Å². The second-order valence-electron chi connectivity index (χ2n) is 8.21. The average Bonchev–Trinajstić information content (AvgIpc) is 3.13. The predicted molar refractivity (Wildman–Crippen MR) is 120 cm³/mol. The highest BCUT2D eigenvalue weighted by molar-refractivity contribution is 5.95. The Morgan fingerprint density at radius 2 is 1.80 bits per heavy atom. The first-order valence-electron chi connectivity index (χ1n) is 10.9. The lowest BCUT2D eigenvalue weighted by atomic mass is 9.99. The fourth-order valence-corrected chi connectivity index (χ4v) is 3.91. The minimum absolute atomic E-state index is 0.0253. The third-order valence-electron chi connectivity index (χ3n) is 5.74. The van der Waals surface area contributed by atoms with Crippen LogP contribution in [0.25, 0.3) is 6.08 Å². The number of hydrogen-bond donors (Lipinski definition) is 6. The van der Waals surface area contributed by atoms with Crippen LogP contribution in [0.5, 0.6) is 5.75 Å². The normalized spacial score (nSPS) is 30.3. The van der Waals surface area contributed by atoms with E-state index in [9.17, 15) is 40.2 Å². The number of phenolic OH excluding ortho intramolecular Hbond substituents is 1. The molecule has 1 aromatic rings. The van der Waals surface area contributed by atoms with Gasteiger partial charge in [0.2, 0.25) is 0 Å². The van der Waals surface area contributed by atoms with Gasteiger partial charge in [0, 0.05) is 18.1 Å². The summed E-state index contributed by atoms with van der Waals surface area (Å²) < 4.78 is 16.1. The number of esters is 1. The minimum Gasteiger partial charge on any atom is -0.508 e. The Kier molecular flexibility index (Phi) is 8.78. The van der Waals surface area contributed by atoms with Crippen molar-refractivity contribution in [3.63, 3.8) is 0 Å². The molecule has 1 heterocycles. The Hall–Kier alpha value is -3.06. The van der Waals surface area contributed by atoms with E-state index in [1.54, 1.807) is 19.1 Å². The SMILES string of the molecule is CC1=C(C(=O)O)C(=CCOC2OC(CO)C(O)C(O)C2O)C(OC(=O)C=Cc2ccc(O)cc2)C1. The number of aliphatic carboxylic acids is 1. The standard InChI is InChI=1S/C24H28O11/c1-12-10-16(34-18(27)7-4-13-2-5-14(26)6-3-13)15(19(12)23(31)32)8-9-33-24-22(30)21(29)20(28)17(11-25)35-24/h2-8,16-17,20-22,24-26,28-30H,9-11H2,1H3,(H,31,32). The summed E-state index contributed by atoms with van der Waals surface area (Å²) in [6.07, 6.45) is -3.99. The summed E-state index contributed by atoms with van der Waals surface area (Å²) in [6.45, 7) is 0.710. The van der Waals surface area contributed by atoms with Gasteiger partial charge in [-0.1, -0.05) is 23.8 Å². The van der Waals surface area contributed by atoms with Gasteiger partial charge in [0.05, 0.1) is 18.8 Å². The van der Waals surface area contributed by atoms with Gasteiger partial charge in [-0.2, -0.15) is 0 Å². The second kappa shape index (κ2) is 11.6. The Balaban J connectivity index is 1.69. The van der Waals surface area contributed by atoms with E-state index < -0.39 is 55.4 Å². The molecule has 6 N–H and O–H groups in total. The topological polar surface area (TPSA) is 183 Å². The molecule has 0 radical (unpaired) electrons. The number of carboxylic acid groups (broad SMARTS) is 1. The lowest BCUT2D eigenvalue weighted by Crippen LogP contribution is -2.59. The van der Waals surface area contributed by atoms with E-state index in [1.165, 1.54) is 30.4 Å². The molecule has 1 aliphatic carbocycles. The molecule has 35 heavy (non-hydrogen) atoms. The van der Waals surface area contributed by atoms with Crippen molar-refractivity contribution in [3.8, 4) is 5.75 Å². The highest BCUT2D eigenvalue weighted by Gasteiger charge is 2.44. The highest BCUT2D eigenvalue weighted by atomic mass is 16.7. The van der Waals surface area contributed by atoms with Crippen LogP contribution in [0.2, 0.25) is 0 Å². The highest BCUT2D eigenvalue weighted by Crippen LogP contribution is 2.34. The lowest BCUT2D eigenvalue weighted by molar-refractivity contribution is -0.298. The summed E-state index contributed by atoms with van der Waals surface area (Å²) in [5, 5.41) is 58.0. The smallest absolute Gasteiger partial charge is 0.336 e. The average molecular weight is 492 g/mol. The zero-order valence-corrected chi connectivity index (χ0v) is 18.9. The third-order valence-corrected chi connectivity index (χ3v) is 5.74. The van der Waals surface area contributed by atoms with Crippen molar-refractivity contribution in [2.75, 3.05) is 13.2 Å². The van der Waals surface area contributed by atoms with Crippen molar-refractivity contribution in [2.45, 2.75) is 50.2 Å². The number of aliphatic hydroxyl groups excluding tert-OH is 4. The van der Waals surface area contributed by atoms with Gasteiger partial charge in [-0.25, -0.2) is 9.59 Å². The van der Waals surface area contributed by atoms with Gasteiger partial charge in [0.15, 0.2) is 6.29 Å². The lowest BCUT2D eigenvalue weighted by Gasteiger charge is -2.39. The Bertz CT molecular complexity index is 1010. The van der Waals surface area contributed by atoms with Crippen LogP contribution in [0.4, 0.5) is 0 Å². The number of carbonyl (C=O) groups is 2. The van der Waals surface area contributed by atoms with Crippen LogP contribution in [0, 0.1) is 0 Å². The fourth-order valence-electron chi connectivity index (χ4n) is 3.91. The molecule has 0 saturated carbocycles. The summed E-state index contributed by atoms with van der Waals surface area (Å²) in [5.41, 5.74) is 1.32. The number of carbonyl (C=O) groups excluding carboxylic acids is 1. The van der Waals surface area contributed by atoms with Crippen LogP contribution in [0.3, 0.4) is 0 Å². The summed E-state index contributed by atoms with van der Waals surface area (Å²) in [4.78, 5) is 24.2. The quantitative estimate of drug-likeness (QED) is 0.210. The van der Waals surface area contributed by atoms with Crippen LogP contribution in [0.15, 0.2) is 53.1 Å². The number of rotatable bonds is 8. The largest absolute Gasteiger partial charge is 0.508 e. The maximum absolute atomic E-state index is 12.4. The van der Waals surface area contributed by atoms with E-state index in [0.29, 0.717) is 11.1 Å². The maximum Gasteiger partial charge on any atom is 0.336 e. The molecule has 1 saturated heterocycles.